The highest BCUT2D eigenvalue weighted by Crippen LogP contribution is 2.34. The van der Waals surface area contributed by atoms with Gasteiger partial charge in [0.1, 0.15) is 11.4 Å². The Bertz CT molecular complexity index is 1490. The quantitative estimate of drug-likeness (QED) is 0.551. The predicted octanol–water partition coefficient (Wildman–Crippen LogP) is 2.57. The Balaban J connectivity index is 1.26. The first-order chi connectivity index (χ1) is 17.3. The van der Waals surface area contributed by atoms with Crippen LogP contribution in [-0.4, -0.2) is 67.1 Å². The van der Waals surface area contributed by atoms with E-state index < -0.39 is 16.4 Å². The first kappa shape index (κ1) is 25.1. The number of nitrogens with two attached hydrogens (primary N) is 1. The van der Waals surface area contributed by atoms with E-state index in [-0.39, 0.29) is 34.3 Å². The van der Waals surface area contributed by atoms with Crippen LogP contribution in [0.5, 0.6) is 5.75 Å². The van der Waals surface area contributed by atoms with E-state index in [2.05, 4.69) is 4.74 Å². The molecule has 0 saturated carbocycles. The molecule has 2 saturated heterocycles. The zero-order chi connectivity index (χ0) is 26.7. The molecule has 2 atom stereocenters. The standard InChI is InChI=1S/C24H23F3N4O5S/c1-29-20-7-4-18(36-24(25,26)27)8-15(20)9-21(29)23(33)31-12-16-10-30(11-17(16)13-31)22(32)14-2-5-19(6-3-14)37(28,34)35/h2-9,16-17H,10-13H2,1H3,(H2,28,34,35)/t16-,17+. The molecule has 0 bridgehead atoms. The maximum Gasteiger partial charge on any atom is 0.573 e. The predicted molar refractivity (Wildman–Crippen MR) is 126 cm³/mol. The smallest absolute Gasteiger partial charge is 0.406 e. The van der Waals surface area contributed by atoms with Gasteiger partial charge in [0.2, 0.25) is 10.0 Å². The molecule has 2 N–H and O–H groups in total. The summed E-state index contributed by atoms with van der Waals surface area (Å²) in [6.45, 7) is 1.80. The van der Waals surface area contributed by atoms with Gasteiger partial charge in [0.25, 0.3) is 11.8 Å². The number of carbonyl (C=O) groups is 2. The summed E-state index contributed by atoms with van der Waals surface area (Å²) in [6.07, 6.45) is -4.81. The van der Waals surface area contributed by atoms with Crippen molar-refractivity contribution in [2.24, 2.45) is 24.0 Å². The lowest BCUT2D eigenvalue weighted by atomic mass is 10.0. The summed E-state index contributed by atoms with van der Waals surface area (Å²) in [6, 6.07) is 10.9. The monoisotopic (exact) mass is 536 g/mol. The Labute approximate surface area is 210 Å². The Morgan fingerprint density at radius 1 is 0.919 bits per heavy atom. The van der Waals surface area contributed by atoms with Crippen LogP contribution < -0.4 is 9.88 Å². The van der Waals surface area contributed by atoms with Crippen LogP contribution in [0.3, 0.4) is 0 Å². The van der Waals surface area contributed by atoms with Crippen molar-refractivity contribution in [2.75, 3.05) is 26.2 Å². The van der Waals surface area contributed by atoms with Gasteiger partial charge in [0, 0.05) is 61.5 Å². The number of benzene rings is 2. The van der Waals surface area contributed by atoms with Gasteiger partial charge in [-0.15, -0.1) is 13.2 Å². The third kappa shape index (κ3) is 4.88. The average molecular weight is 537 g/mol. The van der Waals surface area contributed by atoms with E-state index in [0.717, 1.165) is 0 Å². The van der Waals surface area contributed by atoms with Crippen molar-refractivity contribution in [3.63, 3.8) is 0 Å². The van der Waals surface area contributed by atoms with Crippen LogP contribution in [0.25, 0.3) is 10.9 Å². The fourth-order valence-electron chi connectivity index (χ4n) is 5.19. The van der Waals surface area contributed by atoms with Gasteiger partial charge in [-0.25, -0.2) is 13.6 Å². The number of likely N-dealkylation sites (tertiary alicyclic amines) is 2. The molecule has 9 nitrogen and oxygen atoms in total. The molecule has 0 spiro atoms. The van der Waals surface area contributed by atoms with E-state index in [1.807, 2.05) is 0 Å². The number of hydrogen-bond donors (Lipinski definition) is 1. The molecule has 0 unspecified atom stereocenters. The number of carbonyl (C=O) groups excluding carboxylic acids is 2. The number of nitrogens with zero attached hydrogens (tertiary/aromatic N) is 3. The highest BCUT2D eigenvalue weighted by Gasteiger charge is 2.43. The van der Waals surface area contributed by atoms with Crippen molar-refractivity contribution in [2.45, 2.75) is 11.3 Å². The molecule has 37 heavy (non-hydrogen) atoms. The molecule has 3 aromatic rings. The second-order valence-corrected chi connectivity index (χ2v) is 10.9. The zero-order valence-corrected chi connectivity index (χ0v) is 20.4. The van der Waals surface area contributed by atoms with Gasteiger partial charge < -0.3 is 19.1 Å². The fourth-order valence-corrected chi connectivity index (χ4v) is 5.70. The molecule has 0 radical (unpaired) electrons. The van der Waals surface area contributed by atoms with Crippen LogP contribution >= 0.6 is 0 Å². The maximum absolute atomic E-state index is 13.3. The summed E-state index contributed by atoms with van der Waals surface area (Å²) in [5.74, 6) is -0.651. The third-order valence-corrected chi connectivity index (χ3v) is 7.89. The number of halogens is 3. The number of ether oxygens (including phenoxy) is 1. The Hall–Kier alpha value is -3.58. The number of amides is 2. The summed E-state index contributed by atoms with van der Waals surface area (Å²) in [5.41, 5.74) is 1.30. The van der Waals surface area contributed by atoms with Gasteiger partial charge in [0.05, 0.1) is 4.90 Å². The number of fused-ring (bicyclic) bond motifs is 2. The van der Waals surface area contributed by atoms with Gasteiger partial charge in [-0.2, -0.15) is 0 Å². The topological polar surface area (TPSA) is 115 Å². The van der Waals surface area contributed by atoms with Crippen LogP contribution in [0.1, 0.15) is 20.8 Å². The van der Waals surface area contributed by atoms with Crippen LogP contribution in [0, 0.1) is 11.8 Å². The number of primary sulfonamides is 1. The highest BCUT2D eigenvalue weighted by molar-refractivity contribution is 7.89. The van der Waals surface area contributed by atoms with Gasteiger partial charge in [-0.05, 0) is 48.5 Å². The molecule has 5 rings (SSSR count). The van der Waals surface area contributed by atoms with E-state index >= 15 is 0 Å². The average Bonchev–Trinajstić information content (AvgIpc) is 3.48. The zero-order valence-electron chi connectivity index (χ0n) is 19.6. The van der Waals surface area contributed by atoms with Crippen LogP contribution in [0.2, 0.25) is 0 Å². The molecule has 1 aromatic heterocycles. The van der Waals surface area contributed by atoms with E-state index in [1.165, 1.54) is 42.5 Å². The molecule has 2 aliphatic rings. The summed E-state index contributed by atoms with van der Waals surface area (Å²) in [5, 5.41) is 5.56. The summed E-state index contributed by atoms with van der Waals surface area (Å²) in [4.78, 5) is 29.5. The van der Waals surface area contributed by atoms with Crippen molar-refractivity contribution < 1.29 is 35.9 Å². The van der Waals surface area contributed by atoms with E-state index in [0.29, 0.717) is 48.3 Å². The molecule has 2 aliphatic heterocycles. The van der Waals surface area contributed by atoms with E-state index in [1.54, 1.807) is 27.5 Å². The number of aryl methyl sites for hydroxylation is 1. The van der Waals surface area contributed by atoms with Gasteiger partial charge in [0.15, 0.2) is 0 Å². The van der Waals surface area contributed by atoms with Crippen molar-refractivity contribution >= 4 is 32.7 Å². The molecule has 2 aromatic carbocycles. The molecule has 13 heteroatoms. The minimum atomic E-state index is -4.81. The van der Waals surface area contributed by atoms with Gasteiger partial charge >= 0.3 is 6.36 Å². The molecular formula is C24H23F3N4O5S. The van der Waals surface area contributed by atoms with Crippen molar-refractivity contribution in [3.05, 3.63) is 59.8 Å². The molecule has 3 heterocycles. The van der Waals surface area contributed by atoms with E-state index in [9.17, 15) is 31.2 Å². The van der Waals surface area contributed by atoms with Crippen LogP contribution in [-0.2, 0) is 17.1 Å². The third-order valence-electron chi connectivity index (χ3n) is 6.96. The second kappa shape index (κ2) is 8.77. The summed E-state index contributed by atoms with van der Waals surface area (Å²) < 4.78 is 66.2. The Morgan fingerprint density at radius 2 is 1.49 bits per heavy atom. The first-order valence-corrected chi connectivity index (χ1v) is 12.9. The van der Waals surface area contributed by atoms with Crippen molar-refractivity contribution in [1.29, 1.82) is 0 Å². The SMILES string of the molecule is Cn1c(C(=O)N2C[C@H]3CN(C(=O)c4ccc(S(N)(=O)=O)cc4)C[C@H]3C2)cc2cc(OC(F)(F)F)ccc21. The number of alkyl halides is 3. The largest absolute Gasteiger partial charge is 0.573 e. The highest BCUT2D eigenvalue weighted by atomic mass is 32.2. The second-order valence-electron chi connectivity index (χ2n) is 9.37. The minimum Gasteiger partial charge on any atom is -0.406 e. The molecule has 0 aliphatic carbocycles. The number of rotatable bonds is 4. The maximum atomic E-state index is 13.3. The summed E-state index contributed by atoms with van der Waals surface area (Å²) in [7, 11) is -2.17. The normalized spacial score (nSPS) is 19.9. The van der Waals surface area contributed by atoms with Crippen molar-refractivity contribution in [1.82, 2.24) is 14.4 Å². The lowest BCUT2D eigenvalue weighted by Gasteiger charge is -2.22. The molecule has 196 valence electrons. The van der Waals surface area contributed by atoms with E-state index in [4.69, 9.17) is 5.14 Å². The lowest BCUT2D eigenvalue weighted by molar-refractivity contribution is -0.274. The van der Waals surface area contributed by atoms with Crippen molar-refractivity contribution in [3.8, 4) is 5.75 Å². The van der Waals surface area contributed by atoms with Gasteiger partial charge in [-0.3, -0.25) is 9.59 Å². The number of sulfonamides is 1. The first-order valence-electron chi connectivity index (χ1n) is 11.4. The number of aromatic nitrogens is 1. The number of hydrogen-bond acceptors (Lipinski definition) is 5. The Kier molecular flexibility index (Phi) is 5.94. The summed E-state index contributed by atoms with van der Waals surface area (Å²) >= 11 is 0. The molecular weight excluding hydrogens is 513 g/mol. The molecule has 2 amide bonds. The van der Waals surface area contributed by atoms with Crippen LogP contribution in [0.4, 0.5) is 13.2 Å². The Morgan fingerprint density at radius 3 is 2.03 bits per heavy atom. The van der Waals surface area contributed by atoms with Crippen LogP contribution in [0.15, 0.2) is 53.4 Å². The minimum absolute atomic E-state index is 0.0751. The van der Waals surface area contributed by atoms with Gasteiger partial charge in [-0.1, -0.05) is 0 Å². The molecule has 2 fully saturated rings. The lowest BCUT2D eigenvalue weighted by Crippen LogP contribution is -2.36. The fraction of sp³-hybridized carbons (Fsp3) is 0.333.